The van der Waals surface area contributed by atoms with Crippen LogP contribution in [0.1, 0.15) is 51.0 Å². The maximum atomic E-state index is 11.7. The summed E-state index contributed by atoms with van der Waals surface area (Å²) in [4.78, 5) is 21.8. The third-order valence-corrected chi connectivity index (χ3v) is 3.46. The SMILES string of the molecule is C[C@@H](CCCC(=O)CCCCOCc1ccccc1)OC=O. The minimum Gasteiger partial charge on any atom is -0.465 e. The first kappa shape index (κ1) is 18.4. The zero-order chi connectivity index (χ0) is 16.0. The van der Waals surface area contributed by atoms with Crippen LogP contribution in [0.5, 0.6) is 0 Å². The zero-order valence-corrected chi connectivity index (χ0v) is 13.3. The highest BCUT2D eigenvalue weighted by Crippen LogP contribution is 2.08. The summed E-state index contributed by atoms with van der Waals surface area (Å²) in [6.45, 7) is 3.61. The van der Waals surface area contributed by atoms with Crippen LogP contribution in [0.2, 0.25) is 0 Å². The van der Waals surface area contributed by atoms with Crippen LogP contribution >= 0.6 is 0 Å². The van der Waals surface area contributed by atoms with Crippen LogP contribution in [-0.4, -0.2) is 25.0 Å². The molecule has 4 heteroatoms. The van der Waals surface area contributed by atoms with Gasteiger partial charge in [0.15, 0.2) is 0 Å². The van der Waals surface area contributed by atoms with Gasteiger partial charge in [0.1, 0.15) is 5.78 Å². The molecule has 0 spiro atoms. The van der Waals surface area contributed by atoms with Gasteiger partial charge in [0.05, 0.1) is 12.7 Å². The first-order chi connectivity index (χ1) is 10.7. The molecule has 0 aliphatic carbocycles. The number of ketones is 1. The molecule has 0 aliphatic rings. The maximum absolute atomic E-state index is 11.7. The minimum atomic E-state index is -0.100. The molecule has 122 valence electrons. The fourth-order valence-corrected chi connectivity index (χ4v) is 2.17. The average Bonchev–Trinajstić information content (AvgIpc) is 2.52. The summed E-state index contributed by atoms with van der Waals surface area (Å²) >= 11 is 0. The second-order valence-electron chi connectivity index (χ2n) is 5.47. The predicted octanol–water partition coefficient (Wildman–Crippen LogP) is 3.67. The molecule has 0 heterocycles. The van der Waals surface area contributed by atoms with E-state index in [0.717, 1.165) is 25.7 Å². The zero-order valence-electron chi connectivity index (χ0n) is 13.3. The lowest BCUT2D eigenvalue weighted by atomic mass is 10.1. The summed E-state index contributed by atoms with van der Waals surface area (Å²) in [5.41, 5.74) is 1.17. The molecular formula is C18H26O4. The topological polar surface area (TPSA) is 52.6 Å². The van der Waals surface area contributed by atoms with Gasteiger partial charge in [-0.2, -0.15) is 0 Å². The van der Waals surface area contributed by atoms with Gasteiger partial charge in [-0.25, -0.2) is 0 Å². The summed E-state index contributed by atoms with van der Waals surface area (Å²) in [7, 11) is 0. The number of Topliss-reactive ketones (excluding diaryl/α,β-unsaturated/α-hetero) is 1. The second-order valence-corrected chi connectivity index (χ2v) is 5.47. The van der Waals surface area contributed by atoms with Gasteiger partial charge in [-0.1, -0.05) is 30.3 Å². The Bertz CT molecular complexity index is 416. The van der Waals surface area contributed by atoms with Crippen molar-refractivity contribution in [3.8, 4) is 0 Å². The van der Waals surface area contributed by atoms with Crippen LogP contribution in [0.25, 0.3) is 0 Å². The molecule has 4 nitrogen and oxygen atoms in total. The summed E-state index contributed by atoms with van der Waals surface area (Å²) in [5.74, 6) is 0.279. The number of hydrogen-bond acceptors (Lipinski definition) is 4. The third-order valence-electron chi connectivity index (χ3n) is 3.46. The van der Waals surface area contributed by atoms with Crippen LogP contribution in [0, 0.1) is 0 Å². The summed E-state index contributed by atoms with van der Waals surface area (Å²) in [6, 6.07) is 10.1. The standard InChI is InChI=1S/C18H26O4/c1-16(22-15-19)8-7-12-18(20)11-5-6-13-21-14-17-9-3-2-4-10-17/h2-4,9-10,15-16H,5-8,11-14H2,1H3/t16-/m0/s1. The van der Waals surface area contributed by atoms with Crippen molar-refractivity contribution in [2.45, 2.75) is 58.2 Å². The number of unbranched alkanes of at least 4 members (excludes halogenated alkanes) is 1. The Morgan fingerprint density at radius 3 is 2.59 bits per heavy atom. The van der Waals surface area contributed by atoms with Crippen LogP contribution in [0.4, 0.5) is 0 Å². The van der Waals surface area contributed by atoms with Gasteiger partial charge < -0.3 is 9.47 Å². The van der Waals surface area contributed by atoms with E-state index >= 15 is 0 Å². The van der Waals surface area contributed by atoms with E-state index in [-0.39, 0.29) is 11.9 Å². The van der Waals surface area contributed by atoms with E-state index < -0.39 is 0 Å². The van der Waals surface area contributed by atoms with Crippen molar-refractivity contribution in [2.24, 2.45) is 0 Å². The van der Waals surface area contributed by atoms with Gasteiger partial charge in [-0.3, -0.25) is 9.59 Å². The normalized spacial score (nSPS) is 11.9. The molecule has 0 saturated heterocycles. The second kappa shape index (κ2) is 11.9. The Kier molecular flexibility index (Phi) is 9.96. The molecule has 0 bridgehead atoms. The van der Waals surface area contributed by atoms with E-state index in [4.69, 9.17) is 9.47 Å². The molecule has 0 aromatic heterocycles. The van der Waals surface area contributed by atoms with Crippen molar-refractivity contribution >= 4 is 12.3 Å². The molecule has 22 heavy (non-hydrogen) atoms. The van der Waals surface area contributed by atoms with Crippen molar-refractivity contribution in [1.82, 2.24) is 0 Å². The Hall–Kier alpha value is -1.68. The van der Waals surface area contributed by atoms with Crippen molar-refractivity contribution in [3.05, 3.63) is 35.9 Å². The lowest BCUT2D eigenvalue weighted by molar-refractivity contribution is -0.133. The molecule has 1 aromatic carbocycles. The van der Waals surface area contributed by atoms with Crippen molar-refractivity contribution in [2.75, 3.05) is 6.61 Å². The summed E-state index contributed by atoms with van der Waals surface area (Å²) in [6.07, 6.45) is 4.37. The lowest BCUT2D eigenvalue weighted by Crippen LogP contribution is -2.08. The summed E-state index contributed by atoms with van der Waals surface area (Å²) < 4.78 is 10.4. The average molecular weight is 306 g/mol. The summed E-state index contributed by atoms with van der Waals surface area (Å²) in [5, 5.41) is 0. The highest BCUT2D eigenvalue weighted by Gasteiger charge is 2.05. The van der Waals surface area contributed by atoms with Crippen molar-refractivity contribution in [1.29, 1.82) is 0 Å². The van der Waals surface area contributed by atoms with E-state index in [1.807, 2.05) is 37.3 Å². The molecule has 0 aliphatic heterocycles. The molecule has 1 rings (SSSR count). The quantitative estimate of drug-likeness (QED) is 0.412. The van der Waals surface area contributed by atoms with Gasteiger partial charge in [0, 0.05) is 19.4 Å². The molecular weight excluding hydrogens is 280 g/mol. The van der Waals surface area contributed by atoms with E-state index in [2.05, 4.69) is 0 Å². The first-order valence-electron chi connectivity index (χ1n) is 7.95. The smallest absolute Gasteiger partial charge is 0.293 e. The molecule has 0 unspecified atom stereocenters. The van der Waals surface area contributed by atoms with E-state index in [1.54, 1.807) is 0 Å². The van der Waals surface area contributed by atoms with E-state index in [1.165, 1.54) is 5.56 Å². The van der Waals surface area contributed by atoms with Gasteiger partial charge in [0.2, 0.25) is 0 Å². The van der Waals surface area contributed by atoms with Crippen LogP contribution < -0.4 is 0 Å². The van der Waals surface area contributed by atoms with Gasteiger partial charge in [-0.15, -0.1) is 0 Å². The number of hydrogen-bond donors (Lipinski definition) is 0. The third kappa shape index (κ3) is 9.29. The molecule has 0 saturated carbocycles. The molecule has 0 fully saturated rings. The maximum Gasteiger partial charge on any atom is 0.293 e. The minimum absolute atomic E-state index is 0.100. The largest absolute Gasteiger partial charge is 0.465 e. The van der Waals surface area contributed by atoms with Crippen molar-refractivity contribution in [3.63, 3.8) is 0 Å². The van der Waals surface area contributed by atoms with Crippen LogP contribution in [0.15, 0.2) is 30.3 Å². The van der Waals surface area contributed by atoms with Gasteiger partial charge in [0.25, 0.3) is 6.47 Å². The monoisotopic (exact) mass is 306 g/mol. The molecule has 0 radical (unpaired) electrons. The van der Waals surface area contributed by atoms with Crippen LogP contribution in [-0.2, 0) is 25.7 Å². The Labute approximate surface area is 132 Å². The number of carbonyl (C=O) groups is 2. The number of carbonyl (C=O) groups excluding carboxylic acids is 2. The molecule has 1 atom stereocenters. The van der Waals surface area contributed by atoms with Gasteiger partial charge in [-0.05, 0) is 38.2 Å². The number of ether oxygens (including phenoxy) is 2. The Balaban J connectivity index is 1.93. The molecule has 1 aromatic rings. The Morgan fingerprint density at radius 1 is 1.14 bits per heavy atom. The van der Waals surface area contributed by atoms with Gasteiger partial charge >= 0.3 is 0 Å². The first-order valence-corrected chi connectivity index (χ1v) is 7.95. The Morgan fingerprint density at radius 2 is 1.86 bits per heavy atom. The molecule has 0 amide bonds. The number of rotatable bonds is 13. The molecule has 0 N–H and O–H groups in total. The fourth-order valence-electron chi connectivity index (χ4n) is 2.17. The van der Waals surface area contributed by atoms with E-state index in [0.29, 0.717) is 32.5 Å². The van der Waals surface area contributed by atoms with Crippen LogP contribution in [0.3, 0.4) is 0 Å². The highest BCUT2D eigenvalue weighted by atomic mass is 16.5. The predicted molar refractivity (Wildman–Crippen MR) is 85.4 cm³/mol. The highest BCUT2D eigenvalue weighted by molar-refractivity contribution is 5.78. The van der Waals surface area contributed by atoms with E-state index in [9.17, 15) is 9.59 Å². The lowest BCUT2D eigenvalue weighted by Gasteiger charge is -2.08. The van der Waals surface area contributed by atoms with Crippen molar-refractivity contribution < 1.29 is 19.1 Å². The number of benzene rings is 1. The fraction of sp³-hybridized carbons (Fsp3) is 0.556.